The van der Waals surface area contributed by atoms with Crippen molar-refractivity contribution in [3.8, 4) is 0 Å². The summed E-state index contributed by atoms with van der Waals surface area (Å²) in [6, 6.07) is 2.17. The van der Waals surface area contributed by atoms with Crippen molar-refractivity contribution < 1.29 is 14.3 Å². The second-order valence-corrected chi connectivity index (χ2v) is 8.34. The topological polar surface area (TPSA) is 116 Å². The highest BCUT2D eigenvalue weighted by molar-refractivity contribution is 6.04. The van der Waals surface area contributed by atoms with Crippen LogP contribution in [0, 0.1) is 0 Å². The van der Waals surface area contributed by atoms with Crippen molar-refractivity contribution in [2.45, 2.75) is 70.1 Å². The quantitative estimate of drug-likeness (QED) is 0.614. The zero-order valence-corrected chi connectivity index (χ0v) is 18.3. The Morgan fingerprint density at radius 1 is 1.42 bits per heavy atom. The number of carbonyl (C=O) groups is 1. The SMILES string of the molecule is CC[C@H](C)NC(=O)O[C@@H]1CC[C@H](c2cc(NC3=NC=CN4N=C(COC)CC34)n[nH]2)C1. The van der Waals surface area contributed by atoms with E-state index in [1.54, 1.807) is 13.3 Å². The molecule has 1 amide bonds. The lowest BCUT2D eigenvalue weighted by molar-refractivity contribution is 0.0974. The molecule has 0 spiro atoms. The first-order valence-corrected chi connectivity index (χ1v) is 10.9. The number of hydrogen-bond donors (Lipinski definition) is 3. The number of carbonyl (C=O) groups excluding carboxylic acids is 1. The van der Waals surface area contributed by atoms with E-state index in [1.165, 1.54) is 0 Å². The number of nitrogens with zero attached hydrogens (tertiary/aromatic N) is 4. The number of ether oxygens (including phenoxy) is 2. The predicted molar refractivity (Wildman–Crippen MR) is 118 cm³/mol. The maximum atomic E-state index is 12.0. The zero-order valence-electron chi connectivity index (χ0n) is 18.3. The van der Waals surface area contributed by atoms with Gasteiger partial charge in [-0.15, -0.1) is 0 Å². The smallest absolute Gasteiger partial charge is 0.407 e. The van der Waals surface area contributed by atoms with Crippen molar-refractivity contribution in [3.05, 3.63) is 24.2 Å². The number of rotatable bonds is 7. The molecule has 1 aromatic heterocycles. The minimum absolute atomic E-state index is 0.0311. The third kappa shape index (κ3) is 5.07. The second kappa shape index (κ2) is 9.51. The molecule has 4 atom stereocenters. The van der Waals surface area contributed by atoms with E-state index in [4.69, 9.17) is 9.47 Å². The van der Waals surface area contributed by atoms with Crippen LogP contribution in [0.25, 0.3) is 0 Å². The van der Waals surface area contributed by atoms with Crippen LogP contribution in [0.4, 0.5) is 10.6 Å². The van der Waals surface area contributed by atoms with Crippen molar-refractivity contribution in [1.82, 2.24) is 20.5 Å². The van der Waals surface area contributed by atoms with Crippen LogP contribution < -0.4 is 10.6 Å². The highest BCUT2D eigenvalue weighted by atomic mass is 16.6. The molecule has 1 unspecified atom stereocenters. The van der Waals surface area contributed by atoms with Crippen LogP contribution in [-0.2, 0) is 9.47 Å². The number of anilines is 1. The van der Waals surface area contributed by atoms with Gasteiger partial charge in [-0.3, -0.25) is 10.1 Å². The highest BCUT2D eigenvalue weighted by Crippen LogP contribution is 2.36. The van der Waals surface area contributed by atoms with Crippen LogP contribution in [0.3, 0.4) is 0 Å². The van der Waals surface area contributed by atoms with Gasteiger partial charge in [-0.05, 0) is 32.6 Å². The Morgan fingerprint density at radius 3 is 3.10 bits per heavy atom. The summed E-state index contributed by atoms with van der Waals surface area (Å²) in [7, 11) is 1.67. The molecule has 3 N–H and O–H groups in total. The molecule has 10 nitrogen and oxygen atoms in total. The summed E-state index contributed by atoms with van der Waals surface area (Å²) in [6.07, 6.45) is 7.46. The Morgan fingerprint density at radius 2 is 2.29 bits per heavy atom. The van der Waals surface area contributed by atoms with Crippen molar-refractivity contribution in [2.24, 2.45) is 10.1 Å². The molecule has 0 aromatic carbocycles. The molecule has 3 aliphatic rings. The number of alkyl carbamates (subject to hydrolysis) is 1. The van der Waals surface area contributed by atoms with Gasteiger partial charge in [0.25, 0.3) is 0 Å². The van der Waals surface area contributed by atoms with Gasteiger partial charge in [-0.25, -0.2) is 9.79 Å². The lowest BCUT2D eigenvalue weighted by atomic mass is 10.0. The lowest BCUT2D eigenvalue weighted by Gasteiger charge is -2.24. The van der Waals surface area contributed by atoms with Crippen molar-refractivity contribution >= 4 is 23.5 Å². The Kier molecular flexibility index (Phi) is 6.55. The number of fused-ring (bicyclic) bond motifs is 1. The molecule has 1 aromatic rings. The van der Waals surface area contributed by atoms with E-state index in [2.05, 4.69) is 30.9 Å². The number of hydrogen-bond acceptors (Lipinski definition) is 8. The van der Waals surface area contributed by atoms with E-state index in [1.807, 2.05) is 31.1 Å². The van der Waals surface area contributed by atoms with Gasteiger partial charge in [0.15, 0.2) is 5.82 Å². The first kappa shape index (κ1) is 21.4. The lowest BCUT2D eigenvalue weighted by Crippen LogP contribution is -2.37. The molecule has 1 saturated carbocycles. The van der Waals surface area contributed by atoms with Gasteiger partial charge in [0.2, 0.25) is 0 Å². The molecule has 0 bridgehead atoms. The number of amides is 1. The third-order valence-electron chi connectivity index (χ3n) is 5.99. The van der Waals surface area contributed by atoms with Crippen molar-refractivity contribution in [3.63, 3.8) is 0 Å². The fourth-order valence-corrected chi connectivity index (χ4v) is 4.15. The summed E-state index contributed by atoms with van der Waals surface area (Å²) in [5, 5.41) is 20.2. The summed E-state index contributed by atoms with van der Waals surface area (Å²) in [5.41, 5.74) is 2.04. The molecule has 4 rings (SSSR count). The maximum absolute atomic E-state index is 12.0. The number of aromatic amines is 1. The minimum atomic E-state index is -0.327. The molecule has 3 heterocycles. The van der Waals surface area contributed by atoms with Crippen molar-refractivity contribution in [1.29, 1.82) is 0 Å². The third-order valence-corrected chi connectivity index (χ3v) is 5.99. The molecule has 31 heavy (non-hydrogen) atoms. The van der Waals surface area contributed by atoms with E-state index in [-0.39, 0.29) is 30.2 Å². The Balaban J connectivity index is 1.31. The number of H-pyrrole nitrogens is 1. The minimum Gasteiger partial charge on any atom is -0.446 e. The highest BCUT2D eigenvalue weighted by Gasteiger charge is 2.33. The van der Waals surface area contributed by atoms with Crippen LogP contribution in [0.1, 0.15) is 57.6 Å². The normalized spacial score (nSPS) is 25.6. The van der Waals surface area contributed by atoms with Crippen LogP contribution >= 0.6 is 0 Å². The van der Waals surface area contributed by atoms with Crippen molar-refractivity contribution in [2.75, 3.05) is 19.0 Å². The number of amidine groups is 1. The molecule has 168 valence electrons. The number of aromatic nitrogens is 2. The first-order chi connectivity index (χ1) is 15.1. The van der Waals surface area contributed by atoms with Gasteiger partial charge in [-0.1, -0.05) is 6.92 Å². The standard InChI is InChI=1S/C21H31N7O3/c1-4-13(2)23-21(29)31-16-6-5-14(9-16)17-11-19(26-25-17)24-20-18-10-15(12-30-3)27-28(18)8-7-22-20/h7-8,11,13-14,16,18H,4-6,9-10,12H2,1-3H3,(H,23,29)(H2,22,24,25,26)/t13-,14-,16+,18?/m0/s1. The maximum Gasteiger partial charge on any atom is 0.407 e. The van der Waals surface area contributed by atoms with E-state index < -0.39 is 0 Å². The number of methoxy groups -OCH3 is 1. The Labute approximate surface area is 182 Å². The fourth-order valence-electron chi connectivity index (χ4n) is 4.15. The number of aliphatic imine (C=N–C) groups is 1. The zero-order chi connectivity index (χ0) is 21.8. The van der Waals surface area contributed by atoms with Crippen LogP contribution in [0.15, 0.2) is 28.6 Å². The summed E-state index contributed by atoms with van der Waals surface area (Å²) in [4.78, 5) is 16.5. The van der Waals surface area contributed by atoms with Gasteiger partial charge >= 0.3 is 6.09 Å². The summed E-state index contributed by atoms with van der Waals surface area (Å²) in [6.45, 7) is 4.52. The largest absolute Gasteiger partial charge is 0.446 e. The van der Waals surface area contributed by atoms with Crippen LogP contribution in [-0.4, -0.2) is 64.8 Å². The molecule has 0 radical (unpaired) electrons. The van der Waals surface area contributed by atoms with E-state index in [0.29, 0.717) is 6.61 Å². The second-order valence-electron chi connectivity index (χ2n) is 8.34. The molecular formula is C21H31N7O3. The summed E-state index contributed by atoms with van der Waals surface area (Å²) < 4.78 is 10.8. The molecule has 1 aliphatic carbocycles. The van der Waals surface area contributed by atoms with E-state index in [9.17, 15) is 4.79 Å². The monoisotopic (exact) mass is 429 g/mol. The predicted octanol–water partition coefficient (Wildman–Crippen LogP) is 2.94. The number of nitrogens with one attached hydrogen (secondary N) is 3. The van der Waals surface area contributed by atoms with E-state index in [0.717, 1.165) is 55.2 Å². The molecule has 1 fully saturated rings. The summed E-state index contributed by atoms with van der Waals surface area (Å²) in [5.74, 6) is 1.82. The fraction of sp³-hybridized carbons (Fsp3) is 0.619. The first-order valence-electron chi connectivity index (χ1n) is 10.9. The average molecular weight is 430 g/mol. The molecule has 10 heteroatoms. The van der Waals surface area contributed by atoms with Gasteiger partial charge in [0, 0.05) is 49.7 Å². The molecular weight excluding hydrogens is 398 g/mol. The molecule has 0 saturated heterocycles. The summed E-state index contributed by atoms with van der Waals surface area (Å²) >= 11 is 0. The van der Waals surface area contributed by atoms with Gasteiger partial charge < -0.3 is 20.1 Å². The van der Waals surface area contributed by atoms with E-state index >= 15 is 0 Å². The number of hydrazone groups is 1. The van der Waals surface area contributed by atoms with Crippen LogP contribution in [0.5, 0.6) is 0 Å². The van der Waals surface area contributed by atoms with Crippen LogP contribution in [0.2, 0.25) is 0 Å². The Bertz CT molecular complexity index is 878. The average Bonchev–Trinajstić information content (AvgIpc) is 3.48. The van der Waals surface area contributed by atoms with Gasteiger partial charge in [0.1, 0.15) is 18.0 Å². The van der Waals surface area contributed by atoms with Gasteiger partial charge in [0.05, 0.1) is 12.3 Å². The molecule has 2 aliphatic heterocycles. The Hall–Kier alpha value is -2.88. The van der Waals surface area contributed by atoms with Gasteiger partial charge in [-0.2, -0.15) is 10.2 Å².